The molecule has 4 aromatic rings. The van der Waals surface area contributed by atoms with E-state index in [4.69, 9.17) is 4.98 Å². The van der Waals surface area contributed by atoms with Crippen molar-refractivity contribution < 1.29 is 9.59 Å². The highest BCUT2D eigenvalue weighted by Gasteiger charge is 2.20. The number of carbonyl (C=O) groups is 2. The van der Waals surface area contributed by atoms with E-state index in [2.05, 4.69) is 20.9 Å². The highest BCUT2D eigenvalue weighted by Crippen LogP contribution is 2.32. The number of benzene rings is 2. The summed E-state index contributed by atoms with van der Waals surface area (Å²) in [5, 5.41) is 11.1. The molecule has 0 bridgehead atoms. The Morgan fingerprint density at radius 3 is 2.72 bits per heavy atom. The molecule has 1 fully saturated rings. The molecule has 2 aromatic carbocycles. The maximum Gasteiger partial charge on any atom is 0.264 e. The monoisotopic (exact) mass is 446 g/mol. The molecule has 1 aliphatic heterocycles. The molecule has 3 heterocycles. The Hall–Kier alpha value is -3.56. The molecule has 5 rings (SSSR count). The van der Waals surface area contributed by atoms with Crippen molar-refractivity contribution in [2.45, 2.75) is 6.92 Å². The molecule has 0 spiro atoms. The number of piperazine rings is 1. The van der Waals surface area contributed by atoms with E-state index in [-0.39, 0.29) is 11.8 Å². The lowest BCUT2D eigenvalue weighted by Gasteiger charge is -2.26. The van der Waals surface area contributed by atoms with Gasteiger partial charge in [0.25, 0.3) is 5.91 Å². The fraction of sp³-hybridized carbons (Fsp3) is 0.217. The Morgan fingerprint density at radius 2 is 1.91 bits per heavy atom. The summed E-state index contributed by atoms with van der Waals surface area (Å²) < 4.78 is 1.02. The number of anilines is 3. The van der Waals surface area contributed by atoms with Crippen LogP contribution in [0.1, 0.15) is 16.6 Å². The molecular weight excluding hydrogens is 424 g/mol. The van der Waals surface area contributed by atoms with E-state index in [1.165, 1.54) is 18.3 Å². The zero-order chi connectivity index (χ0) is 22.1. The first-order valence-electron chi connectivity index (χ1n) is 10.4. The van der Waals surface area contributed by atoms with Crippen molar-refractivity contribution in [2.24, 2.45) is 0 Å². The van der Waals surface area contributed by atoms with Gasteiger partial charge in [-0.25, -0.2) is 9.97 Å². The Morgan fingerprint density at radius 1 is 1.09 bits per heavy atom. The molecule has 2 amide bonds. The van der Waals surface area contributed by atoms with Crippen molar-refractivity contribution in [1.82, 2.24) is 20.2 Å². The minimum Gasteiger partial charge on any atom is -0.335 e. The normalized spacial score (nSPS) is 14.0. The van der Waals surface area contributed by atoms with Crippen LogP contribution in [0.4, 0.5) is 17.3 Å². The van der Waals surface area contributed by atoms with Crippen LogP contribution in [0.3, 0.4) is 0 Å². The summed E-state index contributed by atoms with van der Waals surface area (Å²) in [7, 11) is 0. The van der Waals surface area contributed by atoms with E-state index in [1.54, 1.807) is 6.20 Å². The number of nitrogens with one attached hydrogen (secondary N) is 3. The van der Waals surface area contributed by atoms with Crippen LogP contribution in [0.15, 0.2) is 48.7 Å². The summed E-state index contributed by atoms with van der Waals surface area (Å²) >= 11 is 1.50. The minimum atomic E-state index is -0.130. The molecule has 2 aromatic heterocycles. The van der Waals surface area contributed by atoms with E-state index >= 15 is 0 Å². The molecule has 0 atom stereocenters. The Labute approximate surface area is 188 Å². The number of hydrogen-bond donors (Lipinski definition) is 3. The fourth-order valence-electron chi connectivity index (χ4n) is 3.80. The molecule has 9 heteroatoms. The fourth-order valence-corrected chi connectivity index (χ4v) is 4.84. The summed E-state index contributed by atoms with van der Waals surface area (Å²) in [5.41, 5.74) is 2.26. The standard InChI is InChI=1S/C23H22N6O2S/c1-14(30)26-16-3-2-4-17(11-16)27-23-25-13-15-5-6-19-18(21(15)28-23)12-20(32-19)22(31)29-9-7-24-8-10-29/h2-6,11-13,24H,7-10H2,1H3,(H,26,30)(H,25,27,28). The van der Waals surface area contributed by atoms with Gasteiger partial charge in [-0.2, -0.15) is 0 Å². The molecule has 0 saturated carbocycles. The van der Waals surface area contributed by atoms with Gasteiger partial charge in [-0.3, -0.25) is 9.59 Å². The molecular formula is C23H22N6O2S. The topological polar surface area (TPSA) is 99.2 Å². The third kappa shape index (κ3) is 4.12. The molecule has 0 radical (unpaired) electrons. The number of rotatable bonds is 4. The van der Waals surface area contributed by atoms with Crippen LogP contribution in [0, 0.1) is 0 Å². The van der Waals surface area contributed by atoms with E-state index in [9.17, 15) is 9.59 Å². The van der Waals surface area contributed by atoms with Crippen molar-refractivity contribution in [3.63, 3.8) is 0 Å². The SMILES string of the molecule is CC(=O)Nc1cccc(Nc2ncc3ccc4sc(C(=O)N5CCNCC5)cc4c3n2)c1. The number of thiophene rings is 1. The second-order valence-electron chi connectivity index (χ2n) is 7.65. The number of aromatic nitrogens is 2. The number of fused-ring (bicyclic) bond motifs is 3. The lowest BCUT2D eigenvalue weighted by Crippen LogP contribution is -2.46. The van der Waals surface area contributed by atoms with Crippen molar-refractivity contribution in [3.8, 4) is 0 Å². The van der Waals surface area contributed by atoms with Gasteiger partial charge < -0.3 is 20.9 Å². The second kappa shape index (κ2) is 8.52. The van der Waals surface area contributed by atoms with Crippen LogP contribution in [-0.2, 0) is 4.79 Å². The van der Waals surface area contributed by atoms with Crippen molar-refractivity contribution in [3.05, 3.63) is 53.5 Å². The van der Waals surface area contributed by atoms with E-state index in [0.717, 1.165) is 57.7 Å². The summed E-state index contributed by atoms with van der Waals surface area (Å²) in [6.45, 7) is 4.57. The first-order chi connectivity index (χ1) is 15.6. The average Bonchev–Trinajstić information content (AvgIpc) is 3.24. The maximum absolute atomic E-state index is 13.0. The summed E-state index contributed by atoms with van der Waals surface area (Å²) in [6, 6.07) is 13.3. The predicted octanol–water partition coefficient (Wildman–Crippen LogP) is 3.59. The van der Waals surface area contributed by atoms with Crippen LogP contribution < -0.4 is 16.0 Å². The molecule has 1 aliphatic rings. The Bertz CT molecular complexity index is 1330. The first-order valence-corrected chi connectivity index (χ1v) is 11.2. The van der Waals surface area contributed by atoms with Crippen molar-refractivity contribution in [1.29, 1.82) is 0 Å². The third-order valence-electron chi connectivity index (χ3n) is 5.30. The predicted molar refractivity (Wildman–Crippen MR) is 128 cm³/mol. The average molecular weight is 447 g/mol. The third-order valence-corrected chi connectivity index (χ3v) is 6.39. The molecule has 3 N–H and O–H groups in total. The van der Waals surface area contributed by atoms with Crippen LogP contribution >= 0.6 is 11.3 Å². The van der Waals surface area contributed by atoms with Crippen LogP contribution in [-0.4, -0.2) is 52.9 Å². The highest BCUT2D eigenvalue weighted by molar-refractivity contribution is 7.21. The number of amides is 2. The zero-order valence-electron chi connectivity index (χ0n) is 17.5. The largest absolute Gasteiger partial charge is 0.335 e. The van der Waals surface area contributed by atoms with E-state index in [1.807, 2.05) is 47.4 Å². The Balaban J connectivity index is 1.47. The lowest BCUT2D eigenvalue weighted by atomic mass is 10.1. The summed E-state index contributed by atoms with van der Waals surface area (Å²) in [6.07, 6.45) is 1.78. The number of carbonyl (C=O) groups excluding carboxylic acids is 2. The second-order valence-corrected chi connectivity index (χ2v) is 8.73. The molecule has 1 saturated heterocycles. The zero-order valence-corrected chi connectivity index (χ0v) is 18.3. The Kier molecular flexibility index (Phi) is 5.42. The van der Waals surface area contributed by atoms with Gasteiger partial charge in [0.15, 0.2) is 0 Å². The van der Waals surface area contributed by atoms with Crippen molar-refractivity contribution in [2.75, 3.05) is 36.8 Å². The maximum atomic E-state index is 13.0. The molecule has 32 heavy (non-hydrogen) atoms. The molecule has 8 nitrogen and oxygen atoms in total. The highest BCUT2D eigenvalue weighted by atomic mass is 32.1. The minimum absolute atomic E-state index is 0.0723. The van der Waals surface area contributed by atoms with Crippen LogP contribution in [0.25, 0.3) is 21.0 Å². The summed E-state index contributed by atoms with van der Waals surface area (Å²) in [5.74, 6) is 0.393. The smallest absolute Gasteiger partial charge is 0.264 e. The lowest BCUT2D eigenvalue weighted by molar-refractivity contribution is -0.114. The van der Waals surface area contributed by atoms with E-state index < -0.39 is 0 Å². The molecule has 0 aliphatic carbocycles. The van der Waals surface area contributed by atoms with Gasteiger partial charge in [-0.1, -0.05) is 6.07 Å². The summed E-state index contributed by atoms with van der Waals surface area (Å²) in [4.78, 5) is 36.1. The van der Waals surface area contributed by atoms with Gasteiger partial charge in [0.2, 0.25) is 11.9 Å². The van der Waals surface area contributed by atoms with Gasteiger partial charge in [0.1, 0.15) is 0 Å². The van der Waals surface area contributed by atoms with Crippen LogP contribution in [0.5, 0.6) is 0 Å². The van der Waals surface area contributed by atoms with Gasteiger partial charge in [-0.15, -0.1) is 11.3 Å². The van der Waals surface area contributed by atoms with Gasteiger partial charge in [-0.05, 0) is 36.4 Å². The van der Waals surface area contributed by atoms with Crippen LogP contribution in [0.2, 0.25) is 0 Å². The van der Waals surface area contributed by atoms with E-state index in [0.29, 0.717) is 11.6 Å². The van der Waals surface area contributed by atoms with Gasteiger partial charge >= 0.3 is 0 Å². The van der Waals surface area contributed by atoms with Crippen molar-refractivity contribution >= 4 is 61.5 Å². The quantitative estimate of drug-likeness (QED) is 0.443. The molecule has 162 valence electrons. The van der Waals surface area contributed by atoms with Gasteiger partial charge in [0, 0.05) is 66.1 Å². The molecule has 0 unspecified atom stereocenters. The van der Waals surface area contributed by atoms with Gasteiger partial charge in [0.05, 0.1) is 10.4 Å². The first kappa shape index (κ1) is 20.3. The number of hydrogen-bond acceptors (Lipinski definition) is 7. The number of nitrogens with zero attached hydrogens (tertiary/aromatic N) is 3.